The van der Waals surface area contributed by atoms with Crippen LogP contribution in [0, 0.1) is 0 Å². The summed E-state index contributed by atoms with van der Waals surface area (Å²) < 4.78 is 4.66. The van der Waals surface area contributed by atoms with Crippen LogP contribution in [0.15, 0.2) is 24.3 Å². The molecule has 20 heavy (non-hydrogen) atoms. The van der Waals surface area contributed by atoms with Crippen LogP contribution in [-0.4, -0.2) is 55.1 Å². The predicted octanol–water partition coefficient (Wildman–Crippen LogP) is 0.428. The Kier molecular flexibility index (Phi) is 5.67. The molecule has 2 N–H and O–H groups in total. The van der Waals surface area contributed by atoms with Gasteiger partial charge in [0, 0.05) is 25.3 Å². The van der Waals surface area contributed by atoms with Gasteiger partial charge in [-0.05, 0) is 18.2 Å². The third-order valence-electron chi connectivity index (χ3n) is 2.26. The highest BCUT2D eigenvalue weighted by Gasteiger charge is 2.09. The minimum Gasteiger partial charge on any atom is -0.480 e. The fraction of sp³-hybridized carbons (Fsp3) is 0.308. The van der Waals surface area contributed by atoms with Crippen molar-refractivity contribution in [1.82, 2.24) is 4.90 Å². The number of carboxylic acids is 1. The van der Waals surface area contributed by atoms with E-state index in [1.807, 2.05) is 0 Å². The topological polar surface area (TPSA) is 95.9 Å². The van der Waals surface area contributed by atoms with Crippen molar-refractivity contribution in [3.8, 4) is 0 Å². The van der Waals surface area contributed by atoms with E-state index >= 15 is 0 Å². The number of benzene rings is 1. The molecule has 0 aliphatic carbocycles. The van der Waals surface area contributed by atoms with Crippen molar-refractivity contribution in [3.63, 3.8) is 0 Å². The normalized spacial score (nSPS) is 9.90. The Balaban J connectivity index is 2.60. The Hall–Kier alpha value is -2.41. The quantitative estimate of drug-likeness (QED) is 0.787. The lowest BCUT2D eigenvalue weighted by Crippen LogP contribution is -2.23. The molecule has 0 bridgehead atoms. The van der Waals surface area contributed by atoms with E-state index in [0.717, 1.165) is 0 Å². The summed E-state index contributed by atoms with van der Waals surface area (Å²) in [5.74, 6) is -1.81. The van der Waals surface area contributed by atoms with Crippen LogP contribution in [-0.2, 0) is 14.3 Å². The smallest absolute Gasteiger partial charge is 0.329 e. The second kappa shape index (κ2) is 7.25. The SMILES string of the molecule is CN(C)C(=O)c1cccc(NC(=O)COCC(=O)O)c1. The zero-order chi connectivity index (χ0) is 15.1. The lowest BCUT2D eigenvalue weighted by Gasteiger charge is -2.11. The summed E-state index contributed by atoms with van der Waals surface area (Å²) in [5, 5.41) is 10.9. The number of carbonyl (C=O) groups excluding carboxylic acids is 2. The van der Waals surface area contributed by atoms with Gasteiger partial charge in [0.1, 0.15) is 13.2 Å². The second-order valence-electron chi connectivity index (χ2n) is 4.22. The van der Waals surface area contributed by atoms with E-state index in [0.29, 0.717) is 11.3 Å². The number of amides is 2. The van der Waals surface area contributed by atoms with Crippen LogP contribution in [0.4, 0.5) is 5.69 Å². The Bertz CT molecular complexity index is 513. The molecule has 0 aliphatic rings. The third kappa shape index (κ3) is 5.07. The van der Waals surface area contributed by atoms with E-state index in [1.54, 1.807) is 32.3 Å². The largest absolute Gasteiger partial charge is 0.480 e. The zero-order valence-electron chi connectivity index (χ0n) is 11.3. The number of ether oxygens (including phenoxy) is 1. The van der Waals surface area contributed by atoms with Crippen LogP contribution in [0.3, 0.4) is 0 Å². The molecule has 7 heteroatoms. The van der Waals surface area contributed by atoms with Gasteiger partial charge < -0.3 is 20.1 Å². The number of nitrogens with zero attached hydrogens (tertiary/aromatic N) is 1. The van der Waals surface area contributed by atoms with Crippen molar-refractivity contribution in [2.75, 3.05) is 32.6 Å². The highest BCUT2D eigenvalue weighted by Crippen LogP contribution is 2.11. The Morgan fingerprint density at radius 2 is 1.95 bits per heavy atom. The summed E-state index contributed by atoms with van der Waals surface area (Å²) in [6.45, 7) is -0.898. The Labute approximate surface area is 116 Å². The van der Waals surface area contributed by atoms with E-state index in [-0.39, 0.29) is 12.5 Å². The molecule has 1 rings (SSSR count). The van der Waals surface area contributed by atoms with Gasteiger partial charge in [0.25, 0.3) is 5.91 Å². The van der Waals surface area contributed by atoms with Crippen LogP contribution in [0.2, 0.25) is 0 Å². The molecule has 2 amide bonds. The van der Waals surface area contributed by atoms with Gasteiger partial charge >= 0.3 is 5.97 Å². The number of rotatable bonds is 6. The molecule has 0 radical (unpaired) electrons. The zero-order valence-corrected chi connectivity index (χ0v) is 11.3. The molecule has 0 fully saturated rings. The third-order valence-corrected chi connectivity index (χ3v) is 2.26. The van der Waals surface area contributed by atoms with Gasteiger partial charge in [0.2, 0.25) is 5.91 Å². The first-order valence-corrected chi connectivity index (χ1v) is 5.81. The van der Waals surface area contributed by atoms with Crippen LogP contribution in [0.25, 0.3) is 0 Å². The highest BCUT2D eigenvalue weighted by molar-refractivity contribution is 5.97. The van der Waals surface area contributed by atoms with Gasteiger partial charge in [-0.2, -0.15) is 0 Å². The van der Waals surface area contributed by atoms with Crippen LogP contribution in [0.5, 0.6) is 0 Å². The second-order valence-corrected chi connectivity index (χ2v) is 4.22. The van der Waals surface area contributed by atoms with Gasteiger partial charge in [-0.3, -0.25) is 9.59 Å². The fourth-order valence-corrected chi connectivity index (χ4v) is 1.42. The van der Waals surface area contributed by atoms with Crippen LogP contribution >= 0.6 is 0 Å². The van der Waals surface area contributed by atoms with Crippen molar-refractivity contribution < 1.29 is 24.2 Å². The number of hydrogen-bond donors (Lipinski definition) is 2. The van der Waals surface area contributed by atoms with Crippen molar-refractivity contribution in [3.05, 3.63) is 29.8 Å². The molecular weight excluding hydrogens is 264 g/mol. The van der Waals surface area contributed by atoms with E-state index in [2.05, 4.69) is 10.1 Å². The van der Waals surface area contributed by atoms with E-state index < -0.39 is 18.5 Å². The molecule has 0 unspecified atom stereocenters. The standard InChI is InChI=1S/C13H16N2O5/c1-15(2)13(19)9-4-3-5-10(6-9)14-11(16)7-20-8-12(17)18/h3-6H,7-8H2,1-2H3,(H,14,16)(H,17,18). The van der Waals surface area contributed by atoms with E-state index in [9.17, 15) is 14.4 Å². The molecule has 0 saturated heterocycles. The first kappa shape index (κ1) is 15.6. The summed E-state index contributed by atoms with van der Waals surface area (Å²) in [7, 11) is 3.26. The van der Waals surface area contributed by atoms with E-state index in [1.165, 1.54) is 11.0 Å². The van der Waals surface area contributed by atoms with Crippen molar-refractivity contribution in [2.24, 2.45) is 0 Å². The lowest BCUT2D eigenvalue weighted by atomic mass is 10.2. The molecule has 1 aromatic carbocycles. The summed E-state index contributed by atoms with van der Waals surface area (Å²) in [4.78, 5) is 34.9. The molecule has 0 spiro atoms. The first-order chi connectivity index (χ1) is 9.40. The maximum absolute atomic E-state index is 11.8. The van der Waals surface area contributed by atoms with Gasteiger partial charge in [-0.1, -0.05) is 6.07 Å². The molecule has 0 aromatic heterocycles. The minimum atomic E-state index is -1.14. The Morgan fingerprint density at radius 1 is 1.25 bits per heavy atom. The maximum Gasteiger partial charge on any atom is 0.329 e. The minimum absolute atomic E-state index is 0.178. The van der Waals surface area contributed by atoms with Gasteiger partial charge in [-0.15, -0.1) is 0 Å². The van der Waals surface area contributed by atoms with Gasteiger partial charge in [0.15, 0.2) is 0 Å². The van der Waals surface area contributed by atoms with Crippen LogP contribution < -0.4 is 5.32 Å². The molecule has 0 saturated carbocycles. The van der Waals surface area contributed by atoms with Crippen LogP contribution in [0.1, 0.15) is 10.4 Å². The number of aliphatic carboxylic acids is 1. The number of hydrogen-bond acceptors (Lipinski definition) is 4. The monoisotopic (exact) mass is 280 g/mol. The summed E-state index contributed by atoms with van der Waals surface area (Å²) in [5.41, 5.74) is 0.890. The Morgan fingerprint density at radius 3 is 2.55 bits per heavy atom. The lowest BCUT2D eigenvalue weighted by molar-refractivity contribution is -0.143. The molecule has 1 aromatic rings. The average molecular weight is 280 g/mol. The highest BCUT2D eigenvalue weighted by atomic mass is 16.5. The molecular formula is C13H16N2O5. The van der Waals surface area contributed by atoms with Crippen molar-refractivity contribution >= 4 is 23.5 Å². The predicted molar refractivity (Wildman–Crippen MR) is 71.5 cm³/mol. The summed E-state index contributed by atoms with van der Waals surface area (Å²) in [6.07, 6.45) is 0. The number of carboxylic acid groups (broad SMARTS) is 1. The van der Waals surface area contributed by atoms with Gasteiger partial charge in [0.05, 0.1) is 0 Å². The molecule has 108 valence electrons. The summed E-state index contributed by atoms with van der Waals surface area (Å²) in [6, 6.07) is 6.45. The molecule has 0 atom stereocenters. The van der Waals surface area contributed by atoms with Crippen molar-refractivity contribution in [2.45, 2.75) is 0 Å². The molecule has 0 heterocycles. The van der Waals surface area contributed by atoms with Gasteiger partial charge in [-0.25, -0.2) is 4.79 Å². The molecule has 7 nitrogen and oxygen atoms in total. The fourth-order valence-electron chi connectivity index (χ4n) is 1.42. The molecule has 0 aliphatic heterocycles. The number of anilines is 1. The van der Waals surface area contributed by atoms with E-state index in [4.69, 9.17) is 5.11 Å². The van der Waals surface area contributed by atoms with Crippen molar-refractivity contribution in [1.29, 1.82) is 0 Å². The maximum atomic E-state index is 11.8. The average Bonchev–Trinajstić information content (AvgIpc) is 2.37. The summed E-state index contributed by atoms with van der Waals surface area (Å²) >= 11 is 0. The first-order valence-electron chi connectivity index (χ1n) is 5.81. The number of nitrogens with one attached hydrogen (secondary N) is 1. The number of carbonyl (C=O) groups is 3.